The quantitative estimate of drug-likeness (QED) is 0.391. The summed E-state index contributed by atoms with van der Waals surface area (Å²) in [6, 6.07) is 17.8. The average Bonchev–Trinajstić information content (AvgIpc) is 3.09. The van der Waals surface area contributed by atoms with Crippen LogP contribution < -0.4 is 0 Å². The summed E-state index contributed by atoms with van der Waals surface area (Å²) in [4.78, 5) is 16.6. The third-order valence-corrected chi connectivity index (χ3v) is 4.41. The molecule has 2 heterocycles. The second-order valence-electron chi connectivity index (χ2n) is 4.86. The van der Waals surface area contributed by atoms with Crippen molar-refractivity contribution in [1.82, 2.24) is 4.98 Å². The minimum atomic E-state index is -0.390. The molecule has 0 unspecified atom stereocenters. The van der Waals surface area contributed by atoms with Crippen LogP contribution in [0.15, 0.2) is 60.8 Å². The lowest BCUT2D eigenvalue weighted by Gasteiger charge is -1.99. The van der Waals surface area contributed by atoms with Crippen molar-refractivity contribution < 1.29 is 4.92 Å². The van der Waals surface area contributed by atoms with Crippen LogP contribution in [0.25, 0.3) is 22.1 Å². The van der Waals surface area contributed by atoms with E-state index in [1.54, 1.807) is 42.6 Å². The third kappa shape index (κ3) is 3.21. The summed E-state index contributed by atoms with van der Waals surface area (Å²) in [6.07, 6.45) is 3.37. The summed E-state index contributed by atoms with van der Waals surface area (Å²) in [5, 5.41) is 20.5. The van der Waals surface area contributed by atoms with Crippen LogP contribution in [0.5, 0.6) is 0 Å². The van der Waals surface area contributed by atoms with Crippen LogP contribution in [-0.2, 0) is 0 Å². The Morgan fingerprint density at radius 1 is 1.17 bits per heavy atom. The Labute approximate surface area is 142 Å². The van der Waals surface area contributed by atoms with Crippen molar-refractivity contribution in [3.8, 4) is 16.5 Å². The number of nitrogens with zero attached hydrogens (tertiary/aromatic N) is 3. The van der Waals surface area contributed by atoms with Crippen LogP contribution in [0.4, 0.5) is 5.69 Å². The van der Waals surface area contributed by atoms with Gasteiger partial charge in [-0.2, -0.15) is 5.26 Å². The number of rotatable bonds is 4. The van der Waals surface area contributed by atoms with Crippen LogP contribution in [0.3, 0.4) is 0 Å². The summed E-state index contributed by atoms with van der Waals surface area (Å²) in [6.45, 7) is 0. The first-order valence-electron chi connectivity index (χ1n) is 7.06. The number of aromatic nitrogens is 1. The van der Waals surface area contributed by atoms with Gasteiger partial charge in [-0.15, -0.1) is 11.3 Å². The van der Waals surface area contributed by atoms with E-state index < -0.39 is 0 Å². The van der Waals surface area contributed by atoms with Crippen molar-refractivity contribution in [3.63, 3.8) is 0 Å². The van der Waals surface area contributed by atoms with Crippen molar-refractivity contribution in [2.24, 2.45) is 0 Å². The molecule has 0 aliphatic heterocycles. The number of nitriles is 1. The van der Waals surface area contributed by atoms with Gasteiger partial charge in [0, 0.05) is 22.0 Å². The number of allylic oxidation sites excluding steroid dienone is 1. The predicted octanol–water partition coefficient (Wildman–Crippen LogP) is 4.78. The Morgan fingerprint density at radius 3 is 2.67 bits per heavy atom. The molecule has 5 nitrogen and oxygen atoms in total. The van der Waals surface area contributed by atoms with Gasteiger partial charge < -0.3 is 0 Å². The topological polar surface area (TPSA) is 79.8 Å². The molecule has 0 N–H and O–H groups in total. The van der Waals surface area contributed by atoms with E-state index in [0.717, 1.165) is 9.75 Å². The van der Waals surface area contributed by atoms with Gasteiger partial charge in [-0.1, -0.05) is 18.2 Å². The lowest BCUT2D eigenvalue weighted by Crippen LogP contribution is -1.89. The van der Waals surface area contributed by atoms with Crippen molar-refractivity contribution in [1.29, 1.82) is 5.26 Å². The summed E-state index contributed by atoms with van der Waals surface area (Å²) < 4.78 is 0. The molecule has 0 amide bonds. The van der Waals surface area contributed by atoms with Gasteiger partial charge >= 0.3 is 0 Å². The fraction of sp³-hybridized carbons (Fsp3) is 0. The third-order valence-electron chi connectivity index (χ3n) is 3.34. The second kappa shape index (κ2) is 6.86. The standard InChI is InChI=1S/C18H11N3O2S/c19-12-13(16-6-3-4-10-20-16)11-14-8-9-18(24-14)15-5-1-2-7-17(15)21(22)23/h1-11H/b13-11+. The molecule has 24 heavy (non-hydrogen) atoms. The largest absolute Gasteiger partial charge is 0.278 e. The first-order valence-corrected chi connectivity index (χ1v) is 7.87. The van der Waals surface area contributed by atoms with Gasteiger partial charge in [-0.25, -0.2) is 0 Å². The van der Waals surface area contributed by atoms with E-state index in [4.69, 9.17) is 0 Å². The number of hydrogen-bond acceptors (Lipinski definition) is 5. The van der Waals surface area contributed by atoms with Gasteiger partial charge in [0.1, 0.15) is 6.07 Å². The fourth-order valence-corrected chi connectivity index (χ4v) is 3.23. The molecule has 0 saturated heterocycles. The first-order chi connectivity index (χ1) is 11.7. The molecule has 3 rings (SSSR count). The Hall–Kier alpha value is -3.30. The van der Waals surface area contributed by atoms with E-state index in [1.165, 1.54) is 17.4 Å². The minimum absolute atomic E-state index is 0.0695. The SMILES string of the molecule is N#C/C(=C\c1ccc(-c2ccccc2[N+](=O)[O-])s1)c1ccccn1. The highest BCUT2D eigenvalue weighted by Gasteiger charge is 2.15. The maximum atomic E-state index is 11.2. The van der Waals surface area contributed by atoms with Crippen LogP contribution in [0.1, 0.15) is 10.6 Å². The van der Waals surface area contributed by atoms with Crippen molar-refractivity contribution in [2.45, 2.75) is 0 Å². The Bertz CT molecular complexity index is 956. The molecule has 116 valence electrons. The minimum Gasteiger partial charge on any atom is -0.258 e. The summed E-state index contributed by atoms with van der Waals surface area (Å²) >= 11 is 1.40. The van der Waals surface area contributed by atoms with E-state index in [-0.39, 0.29) is 10.6 Å². The van der Waals surface area contributed by atoms with Gasteiger partial charge in [-0.05, 0) is 36.4 Å². The number of nitro groups is 1. The molecule has 0 fully saturated rings. The number of thiophene rings is 1. The molecule has 0 aliphatic rings. The van der Waals surface area contributed by atoms with Gasteiger partial charge in [0.2, 0.25) is 0 Å². The Kier molecular flexibility index (Phi) is 4.45. The number of hydrogen-bond donors (Lipinski definition) is 0. The van der Waals surface area contributed by atoms with Crippen molar-refractivity contribution >= 4 is 28.7 Å². The maximum absolute atomic E-state index is 11.2. The molecule has 1 aromatic carbocycles. The molecule has 0 bridgehead atoms. The second-order valence-corrected chi connectivity index (χ2v) is 5.98. The molecule has 0 spiro atoms. The zero-order valence-corrected chi connectivity index (χ0v) is 13.2. The zero-order valence-electron chi connectivity index (χ0n) is 12.4. The van der Waals surface area contributed by atoms with Crippen molar-refractivity contribution in [2.75, 3.05) is 0 Å². The molecule has 2 aromatic heterocycles. The lowest BCUT2D eigenvalue weighted by molar-refractivity contribution is -0.384. The van der Waals surface area contributed by atoms with Crippen LogP contribution in [-0.4, -0.2) is 9.91 Å². The van der Waals surface area contributed by atoms with E-state index in [9.17, 15) is 15.4 Å². The Balaban J connectivity index is 1.99. The van der Waals surface area contributed by atoms with Crippen LogP contribution >= 0.6 is 11.3 Å². The number of pyridine rings is 1. The molecule has 3 aromatic rings. The van der Waals surface area contributed by atoms with E-state index >= 15 is 0 Å². The Morgan fingerprint density at radius 2 is 1.96 bits per heavy atom. The van der Waals surface area contributed by atoms with Gasteiger partial charge in [0.25, 0.3) is 5.69 Å². The van der Waals surface area contributed by atoms with E-state index in [2.05, 4.69) is 11.1 Å². The summed E-state index contributed by atoms with van der Waals surface area (Å²) in [5.41, 5.74) is 1.69. The molecule has 0 radical (unpaired) electrons. The van der Waals surface area contributed by atoms with E-state index in [0.29, 0.717) is 16.8 Å². The number of para-hydroxylation sites is 1. The average molecular weight is 333 g/mol. The van der Waals surface area contributed by atoms with Gasteiger partial charge in [0.05, 0.1) is 21.8 Å². The van der Waals surface area contributed by atoms with E-state index in [1.807, 2.05) is 18.2 Å². The lowest BCUT2D eigenvalue weighted by atomic mass is 10.1. The molecule has 0 saturated carbocycles. The maximum Gasteiger partial charge on any atom is 0.278 e. The molecular formula is C18H11N3O2S. The molecular weight excluding hydrogens is 322 g/mol. The van der Waals surface area contributed by atoms with Crippen LogP contribution in [0.2, 0.25) is 0 Å². The number of nitro benzene ring substituents is 1. The molecule has 0 atom stereocenters. The highest BCUT2D eigenvalue weighted by Crippen LogP contribution is 2.35. The smallest absolute Gasteiger partial charge is 0.258 e. The first kappa shape index (κ1) is 15.6. The monoisotopic (exact) mass is 333 g/mol. The van der Waals surface area contributed by atoms with Gasteiger partial charge in [0.15, 0.2) is 0 Å². The summed E-state index contributed by atoms with van der Waals surface area (Å²) in [7, 11) is 0. The van der Waals surface area contributed by atoms with Gasteiger partial charge in [-0.3, -0.25) is 15.1 Å². The molecule has 6 heteroatoms. The van der Waals surface area contributed by atoms with Crippen LogP contribution in [0, 0.1) is 21.4 Å². The highest BCUT2D eigenvalue weighted by atomic mass is 32.1. The molecule has 0 aliphatic carbocycles. The zero-order chi connectivity index (χ0) is 16.9. The van der Waals surface area contributed by atoms with Crippen molar-refractivity contribution in [3.05, 3.63) is 81.5 Å². The normalized spacial score (nSPS) is 11.0. The fourth-order valence-electron chi connectivity index (χ4n) is 2.24. The predicted molar refractivity (Wildman–Crippen MR) is 94.1 cm³/mol. The number of benzene rings is 1. The highest BCUT2D eigenvalue weighted by molar-refractivity contribution is 7.16. The summed E-state index contributed by atoms with van der Waals surface area (Å²) in [5.74, 6) is 0.